The van der Waals surface area contributed by atoms with E-state index in [2.05, 4.69) is 27.7 Å². The number of pyridine rings is 1. The maximum atomic E-state index is 12.0. The van der Waals surface area contributed by atoms with E-state index in [1.165, 1.54) is 0 Å². The normalized spacial score (nSPS) is 17.2. The number of carbonyl (C=O) groups is 1. The molecule has 1 aromatic heterocycles. The molecule has 0 aliphatic carbocycles. The van der Waals surface area contributed by atoms with Crippen LogP contribution >= 0.6 is 0 Å². The number of rotatable bonds is 4. The van der Waals surface area contributed by atoms with Gasteiger partial charge in [0.2, 0.25) is 0 Å². The number of hydrogen-bond acceptors (Lipinski definition) is 5. The molecule has 19 heavy (non-hydrogen) atoms. The Morgan fingerprint density at radius 3 is 2.95 bits per heavy atom. The molecule has 0 aromatic carbocycles. The summed E-state index contributed by atoms with van der Waals surface area (Å²) in [5.41, 5.74) is 3.02. The minimum Gasteiger partial charge on any atom is -0.352 e. The summed E-state index contributed by atoms with van der Waals surface area (Å²) in [5, 5.41) is 2.98. The molecule has 1 amide bonds. The summed E-state index contributed by atoms with van der Waals surface area (Å²) in [6.07, 6.45) is 3.85. The van der Waals surface area contributed by atoms with E-state index in [1.807, 2.05) is 0 Å². The lowest BCUT2D eigenvalue weighted by molar-refractivity contribution is 0.0939. The van der Waals surface area contributed by atoms with E-state index in [-0.39, 0.29) is 5.91 Å². The molecule has 1 aliphatic heterocycles. The first kappa shape index (κ1) is 13.8. The Balaban J connectivity index is 1.83. The molecule has 1 saturated heterocycles. The minimum absolute atomic E-state index is 0.0715. The lowest BCUT2D eigenvalue weighted by Crippen LogP contribution is -2.36. The fourth-order valence-corrected chi connectivity index (χ4v) is 2.26. The number of nitrogens with two attached hydrogens (primary N) is 1. The zero-order valence-corrected chi connectivity index (χ0v) is 11.2. The Morgan fingerprint density at radius 1 is 1.53 bits per heavy atom. The van der Waals surface area contributed by atoms with Crippen molar-refractivity contribution in [1.29, 1.82) is 0 Å². The zero-order chi connectivity index (χ0) is 13.7. The highest BCUT2D eigenvalue weighted by Gasteiger charge is 2.17. The fourth-order valence-electron chi connectivity index (χ4n) is 2.26. The average Bonchev–Trinajstić information content (AvgIpc) is 2.46. The topological polar surface area (TPSA) is 83.3 Å². The van der Waals surface area contributed by atoms with Gasteiger partial charge in [0.15, 0.2) is 0 Å². The lowest BCUT2D eigenvalue weighted by atomic mass is 9.97. The summed E-state index contributed by atoms with van der Waals surface area (Å²) in [6.45, 7) is 2.95. The summed E-state index contributed by atoms with van der Waals surface area (Å²) in [4.78, 5) is 18.3. The first-order chi connectivity index (χ1) is 9.19. The van der Waals surface area contributed by atoms with Crippen molar-refractivity contribution in [2.75, 3.05) is 32.1 Å². The van der Waals surface area contributed by atoms with Crippen molar-refractivity contribution >= 4 is 11.7 Å². The third-order valence-corrected chi connectivity index (χ3v) is 3.56. The predicted octanol–water partition coefficient (Wildman–Crippen LogP) is 0.439. The maximum absolute atomic E-state index is 12.0. The Morgan fingerprint density at radius 2 is 2.26 bits per heavy atom. The summed E-state index contributed by atoms with van der Waals surface area (Å²) < 4.78 is 0. The smallest absolute Gasteiger partial charge is 0.251 e. The second-order valence-electron chi connectivity index (χ2n) is 5.03. The van der Waals surface area contributed by atoms with Crippen LogP contribution in [-0.4, -0.2) is 42.5 Å². The Kier molecular flexibility index (Phi) is 4.70. The van der Waals surface area contributed by atoms with Crippen molar-refractivity contribution in [3.8, 4) is 0 Å². The van der Waals surface area contributed by atoms with Gasteiger partial charge in [-0.1, -0.05) is 0 Å². The highest BCUT2D eigenvalue weighted by Crippen LogP contribution is 2.15. The molecule has 104 valence electrons. The van der Waals surface area contributed by atoms with E-state index >= 15 is 0 Å². The standard InChI is InChI=1S/C13H21N5O/c1-18-6-3-10(4-7-18)9-16-13(19)11-2-5-15-12(8-11)17-14/h2,5,8,10H,3-4,6-7,9,14H2,1H3,(H,15,17)(H,16,19). The van der Waals surface area contributed by atoms with Crippen molar-refractivity contribution in [1.82, 2.24) is 15.2 Å². The van der Waals surface area contributed by atoms with Gasteiger partial charge in [-0.3, -0.25) is 4.79 Å². The van der Waals surface area contributed by atoms with Crippen LogP contribution in [0.25, 0.3) is 0 Å². The molecule has 2 heterocycles. The molecule has 1 aliphatic rings. The number of aromatic nitrogens is 1. The molecule has 1 aromatic rings. The molecule has 0 atom stereocenters. The van der Waals surface area contributed by atoms with Gasteiger partial charge in [-0.05, 0) is 51.0 Å². The molecule has 0 spiro atoms. The van der Waals surface area contributed by atoms with Crippen LogP contribution in [0.3, 0.4) is 0 Å². The number of hydrazine groups is 1. The van der Waals surface area contributed by atoms with Crippen LogP contribution < -0.4 is 16.6 Å². The van der Waals surface area contributed by atoms with Gasteiger partial charge < -0.3 is 15.6 Å². The summed E-state index contributed by atoms with van der Waals surface area (Å²) in [5.74, 6) is 6.27. The number of nitrogen functional groups attached to an aromatic ring is 1. The highest BCUT2D eigenvalue weighted by atomic mass is 16.1. The highest BCUT2D eigenvalue weighted by molar-refractivity contribution is 5.94. The van der Waals surface area contributed by atoms with Gasteiger partial charge in [-0.25, -0.2) is 10.8 Å². The monoisotopic (exact) mass is 263 g/mol. The molecule has 4 N–H and O–H groups in total. The summed E-state index contributed by atoms with van der Waals surface area (Å²) >= 11 is 0. The molecule has 2 rings (SSSR count). The van der Waals surface area contributed by atoms with Gasteiger partial charge in [-0.2, -0.15) is 0 Å². The number of amides is 1. The van der Waals surface area contributed by atoms with Crippen molar-refractivity contribution < 1.29 is 4.79 Å². The summed E-state index contributed by atoms with van der Waals surface area (Å²) in [6, 6.07) is 3.33. The third-order valence-electron chi connectivity index (χ3n) is 3.56. The largest absolute Gasteiger partial charge is 0.352 e. The first-order valence-corrected chi connectivity index (χ1v) is 6.58. The number of anilines is 1. The molecular weight excluding hydrogens is 242 g/mol. The van der Waals surface area contributed by atoms with Gasteiger partial charge in [0.25, 0.3) is 5.91 Å². The molecule has 0 unspecified atom stereocenters. The second kappa shape index (κ2) is 6.49. The van der Waals surface area contributed by atoms with Crippen molar-refractivity contribution in [2.45, 2.75) is 12.8 Å². The fraction of sp³-hybridized carbons (Fsp3) is 0.538. The van der Waals surface area contributed by atoms with E-state index in [4.69, 9.17) is 5.84 Å². The minimum atomic E-state index is -0.0715. The first-order valence-electron chi connectivity index (χ1n) is 6.58. The Hall–Kier alpha value is -1.66. The number of nitrogens with one attached hydrogen (secondary N) is 2. The van der Waals surface area contributed by atoms with Crippen LogP contribution in [0, 0.1) is 5.92 Å². The molecule has 0 bridgehead atoms. The van der Waals surface area contributed by atoms with Crippen LogP contribution in [0.4, 0.5) is 5.82 Å². The number of likely N-dealkylation sites (tertiary alicyclic amines) is 1. The lowest BCUT2D eigenvalue weighted by Gasteiger charge is -2.28. The van der Waals surface area contributed by atoms with E-state index < -0.39 is 0 Å². The van der Waals surface area contributed by atoms with E-state index in [9.17, 15) is 4.79 Å². The van der Waals surface area contributed by atoms with Crippen LogP contribution in [0.5, 0.6) is 0 Å². The van der Waals surface area contributed by atoms with Crippen LogP contribution in [0.1, 0.15) is 23.2 Å². The SMILES string of the molecule is CN1CCC(CNC(=O)c2ccnc(NN)c2)CC1. The molecule has 1 fully saturated rings. The Labute approximate surface area is 113 Å². The number of carbonyl (C=O) groups excluding carboxylic acids is 1. The van der Waals surface area contributed by atoms with Gasteiger partial charge in [-0.15, -0.1) is 0 Å². The molecule has 0 radical (unpaired) electrons. The van der Waals surface area contributed by atoms with Gasteiger partial charge in [0.1, 0.15) is 5.82 Å². The van der Waals surface area contributed by atoms with Crippen LogP contribution in [0.15, 0.2) is 18.3 Å². The van der Waals surface area contributed by atoms with Gasteiger partial charge >= 0.3 is 0 Å². The van der Waals surface area contributed by atoms with E-state index in [1.54, 1.807) is 18.3 Å². The van der Waals surface area contributed by atoms with Crippen molar-refractivity contribution in [2.24, 2.45) is 11.8 Å². The van der Waals surface area contributed by atoms with E-state index in [0.717, 1.165) is 32.5 Å². The number of piperidine rings is 1. The van der Waals surface area contributed by atoms with Crippen molar-refractivity contribution in [3.05, 3.63) is 23.9 Å². The Bertz CT molecular complexity index is 429. The summed E-state index contributed by atoms with van der Waals surface area (Å²) in [7, 11) is 2.13. The van der Waals surface area contributed by atoms with Crippen molar-refractivity contribution in [3.63, 3.8) is 0 Å². The van der Waals surface area contributed by atoms with Crippen LogP contribution in [-0.2, 0) is 0 Å². The third kappa shape index (κ3) is 3.90. The van der Waals surface area contributed by atoms with Crippen LogP contribution in [0.2, 0.25) is 0 Å². The maximum Gasteiger partial charge on any atom is 0.251 e. The predicted molar refractivity (Wildman–Crippen MR) is 74.6 cm³/mol. The van der Waals surface area contributed by atoms with Gasteiger partial charge in [0, 0.05) is 18.3 Å². The average molecular weight is 263 g/mol. The van der Waals surface area contributed by atoms with Gasteiger partial charge in [0.05, 0.1) is 0 Å². The second-order valence-corrected chi connectivity index (χ2v) is 5.03. The molecule has 6 nitrogen and oxygen atoms in total. The van der Waals surface area contributed by atoms with E-state index in [0.29, 0.717) is 17.3 Å². The zero-order valence-electron chi connectivity index (χ0n) is 11.2. The number of nitrogens with zero attached hydrogens (tertiary/aromatic N) is 2. The number of hydrogen-bond donors (Lipinski definition) is 3. The molecular formula is C13H21N5O. The quantitative estimate of drug-likeness (QED) is 0.542. The molecule has 6 heteroatoms. The molecule has 0 saturated carbocycles.